The van der Waals surface area contributed by atoms with Gasteiger partial charge in [-0.15, -0.1) is 0 Å². The molecule has 0 amide bonds. The molecule has 298 valence electrons. The van der Waals surface area contributed by atoms with Crippen LogP contribution in [0.4, 0.5) is 0 Å². The van der Waals surface area contributed by atoms with Crippen molar-refractivity contribution in [3.8, 4) is 0 Å². The molecule has 5 heterocycles. The average Bonchev–Trinajstić information content (AvgIpc) is 3.91. The summed E-state index contributed by atoms with van der Waals surface area (Å²) in [6.45, 7) is 21.4. The lowest BCUT2D eigenvalue weighted by molar-refractivity contribution is -0.143. The fourth-order valence-electron chi connectivity index (χ4n) is 9.04. The predicted octanol–water partition coefficient (Wildman–Crippen LogP) is 6.13. The molecule has 0 spiro atoms. The molecule has 2 aliphatic heterocycles. The van der Waals surface area contributed by atoms with Gasteiger partial charge in [-0.3, -0.25) is 14.4 Å². The van der Waals surface area contributed by atoms with Gasteiger partial charge < -0.3 is 29.7 Å². The van der Waals surface area contributed by atoms with E-state index in [1.165, 1.54) is 37.5 Å². The standard InChI is InChI=1S/C47H60N4O5/c1-11-15-25(4)16-14-17-26(5)20-21-56-40(52)19-18-33-29(8)36-22-34-27(6)31(12-2)38(48-34)23-35-28(7)32(13-3)39(49-35)24-37-30(9)41-45(51-37)42(44(33)50-36)43(46(41)53)47(54)55-10/h12,20,22-25,29,36,43,48-51H,2,11,13-19,21H2,1,3-10H3/b26-20+,34-22-,37-24-,38-23-/t25-,29+,36?,43-/m1/s1. The molecule has 1 unspecified atom stereocenters. The largest absolute Gasteiger partial charge is 0.468 e. The SMILES string of the molecule is C=Cc1c(C)/c2[nH]/c1=C\c1[nH]c(c(CC)c1C)/C=c1\[nH]c3c(c1C)C(=O)[C@H](C(=O)OC)C=3C1=C(CCC(=O)OC/C=C(\C)CCC[C@H](C)CCC)[C@H](C)C(\C=2)N1. The van der Waals surface area contributed by atoms with Crippen LogP contribution in [-0.2, 0) is 25.5 Å². The van der Waals surface area contributed by atoms with Gasteiger partial charge in [-0.25, -0.2) is 0 Å². The van der Waals surface area contributed by atoms with Crippen molar-refractivity contribution in [2.75, 3.05) is 13.7 Å². The number of carbonyl (C=O) groups is 3. The van der Waals surface area contributed by atoms with Crippen molar-refractivity contribution in [3.05, 3.63) is 95.7 Å². The van der Waals surface area contributed by atoms with Gasteiger partial charge in [0.1, 0.15) is 12.5 Å². The minimum Gasteiger partial charge on any atom is -0.468 e. The van der Waals surface area contributed by atoms with E-state index in [0.717, 1.165) is 80.4 Å². The lowest BCUT2D eigenvalue weighted by atomic mass is 9.88. The first kappa shape index (κ1) is 40.6. The molecule has 8 bridgehead atoms. The zero-order valence-corrected chi connectivity index (χ0v) is 34.8. The highest BCUT2D eigenvalue weighted by Crippen LogP contribution is 2.39. The number of nitrogens with one attached hydrogen (secondary N) is 4. The summed E-state index contributed by atoms with van der Waals surface area (Å²) < 4.78 is 11.0. The van der Waals surface area contributed by atoms with Gasteiger partial charge in [0, 0.05) is 62.2 Å². The van der Waals surface area contributed by atoms with Gasteiger partial charge in [0.05, 0.1) is 18.5 Å². The zero-order valence-electron chi connectivity index (χ0n) is 34.8. The van der Waals surface area contributed by atoms with Crippen molar-refractivity contribution in [2.45, 2.75) is 113 Å². The smallest absolute Gasteiger partial charge is 0.321 e. The van der Waals surface area contributed by atoms with Gasteiger partial charge in [-0.2, -0.15) is 0 Å². The zero-order chi connectivity index (χ0) is 40.4. The molecular weight excluding hydrogens is 701 g/mol. The van der Waals surface area contributed by atoms with Crippen molar-refractivity contribution in [2.24, 2.45) is 17.8 Å². The molecule has 4 atom stereocenters. The Kier molecular flexibility index (Phi) is 12.3. The third-order valence-electron chi connectivity index (χ3n) is 12.4. The van der Waals surface area contributed by atoms with Gasteiger partial charge in [-0.1, -0.05) is 65.2 Å². The summed E-state index contributed by atoms with van der Waals surface area (Å²) in [6.07, 6.45) is 17.5. The molecule has 3 aromatic rings. The maximum atomic E-state index is 14.3. The number of methoxy groups -OCH3 is 1. The van der Waals surface area contributed by atoms with Gasteiger partial charge in [0.15, 0.2) is 5.78 Å². The fourth-order valence-corrected chi connectivity index (χ4v) is 9.04. The number of ether oxygens (including phenoxy) is 2. The number of allylic oxidation sites excluding steroid dienone is 2. The first-order chi connectivity index (χ1) is 26.8. The van der Waals surface area contributed by atoms with E-state index in [9.17, 15) is 14.4 Å². The van der Waals surface area contributed by atoms with Crippen LogP contribution in [0.5, 0.6) is 0 Å². The van der Waals surface area contributed by atoms with E-state index in [0.29, 0.717) is 28.6 Å². The number of aromatic nitrogens is 3. The summed E-state index contributed by atoms with van der Waals surface area (Å²) in [6, 6.07) is -0.213. The molecule has 0 fully saturated rings. The van der Waals surface area contributed by atoms with Crippen LogP contribution in [0.1, 0.15) is 129 Å². The molecule has 0 aromatic carbocycles. The lowest BCUT2D eigenvalue weighted by Crippen LogP contribution is -2.32. The van der Waals surface area contributed by atoms with Crippen LogP contribution < -0.4 is 26.7 Å². The highest BCUT2D eigenvalue weighted by Gasteiger charge is 2.45. The summed E-state index contributed by atoms with van der Waals surface area (Å²) in [7, 11) is 1.32. The molecule has 0 radical (unpaired) electrons. The highest BCUT2D eigenvalue weighted by molar-refractivity contribution is 6.20. The second-order valence-electron chi connectivity index (χ2n) is 16.1. The minimum atomic E-state index is -1.15. The van der Waals surface area contributed by atoms with Crippen LogP contribution in [0.15, 0.2) is 29.5 Å². The minimum absolute atomic E-state index is 0.0834. The van der Waals surface area contributed by atoms with Crippen molar-refractivity contribution in [1.29, 1.82) is 0 Å². The van der Waals surface area contributed by atoms with Crippen LogP contribution in [0, 0.1) is 38.5 Å². The average molecular weight is 761 g/mol. The molecule has 9 heteroatoms. The maximum absolute atomic E-state index is 14.3. The van der Waals surface area contributed by atoms with E-state index >= 15 is 0 Å². The van der Waals surface area contributed by atoms with Gasteiger partial charge >= 0.3 is 11.9 Å². The number of aromatic amines is 3. The van der Waals surface area contributed by atoms with E-state index in [2.05, 4.69) is 93.5 Å². The Morgan fingerprint density at radius 2 is 1.71 bits per heavy atom. The van der Waals surface area contributed by atoms with E-state index in [4.69, 9.17) is 9.47 Å². The highest BCUT2D eigenvalue weighted by atomic mass is 16.5. The Hall–Kier alpha value is -5.05. The molecule has 3 aromatic heterocycles. The van der Waals surface area contributed by atoms with E-state index in [-0.39, 0.29) is 36.7 Å². The summed E-state index contributed by atoms with van der Waals surface area (Å²) >= 11 is 0. The Balaban J connectivity index is 1.44. The van der Waals surface area contributed by atoms with Crippen molar-refractivity contribution < 1.29 is 23.9 Å². The number of fused-ring (bicyclic) bond motifs is 8. The Morgan fingerprint density at radius 3 is 2.41 bits per heavy atom. The lowest BCUT2D eigenvalue weighted by Gasteiger charge is -2.17. The Bertz CT molecular complexity index is 2380. The van der Waals surface area contributed by atoms with E-state index < -0.39 is 11.9 Å². The molecule has 0 saturated carbocycles. The fraction of sp³-hybridized carbons (Fsp3) is 0.468. The monoisotopic (exact) mass is 760 g/mol. The summed E-state index contributed by atoms with van der Waals surface area (Å²) in [4.78, 5) is 52.0. The molecule has 3 aliphatic rings. The quantitative estimate of drug-likeness (QED) is 0.0890. The molecule has 56 heavy (non-hydrogen) atoms. The second-order valence-corrected chi connectivity index (χ2v) is 16.1. The molecule has 9 nitrogen and oxygen atoms in total. The molecule has 1 aliphatic carbocycles. The van der Waals surface area contributed by atoms with Crippen LogP contribution in [0.2, 0.25) is 0 Å². The Morgan fingerprint density at radius 1 is 0.964 bits per heavy atom. The predicted molar refractivity (Wildman–Crippen MR) is 224 cm³/mol. The van der Waals surface area contributed by atoms with Gasteiger partial charge in [0.25, 0.3) is 0 Å². The second kappa shape index (κ2) is 17.0. The van der Waals surface area contributed by atoms with Gasteiger partial charge in [0.2, 0.25) is 0 Å². The topological polar surface area (TPSA) is 129 Å². The molecule has 6 rings (SSSR count). The number of hydrogen-bond donors (Lipinski definition) is 4. The molecule has 0 saturated heterocycles. The van der Waals surface area contributed by atoms with E-state index in [1.807, 2.05) is 19.1 Å². The summed E-state index contributed by atoms with van der Waals surface area (Å²) in [5.74, 6) is -1.69. The number of rotatable bonds is 14. The summed E-state index contributed by atoms with van der Waals surface area (Å²) in [5.41, 5.74) is 11.1. The first-order valence-corrected chi connectivity index (χ1v) is 20.5. The first-order valence-electron chi connectivity index (χ1n) is 20.5. The van der Waals surface area contributed by atoms with E-state index in [1.54, 1.807) is 0 Å². The van der Waals surface area contributed by atoms with Crippen LogP contribution in [-0.4, -0.2) is 52.4 Å². The van der Waals surface area contributed by atoms with Crippen LogP contribution in [0.25, 0.3) is 29.9 Å². The third-order valence-corrected chi connectivity index (χ3v) is 12.4. The molecular formula is C47H60N4O5. The van der Waals surface area contributed by atoms with Crippen LogP contribution in [0.3, 0.4) is 0 Å². The van der Waals surface area contributed by atoms with Crippen LogP contribution >= 0.6 is 0 Å². The normalized spacial score (nSPS) is 21.1. The molecule has 4 N–H and O–H groups in total. The number of H-pyrrole nitrogens is 3. The van der Waals surface area contributed by atoms with Crippen molar-refractivity contribution in [1.82, 2.24) is 20.3 Å². The number of carbonyl (C=O) groups excluding carboxylic acids is 3. The maximum Gasteiger partial charge on any atom is 0.321 e. The third kappa shape index (κ3) is 7.69. The Labute approximate surface area is 330 Å². The van der Waals surface area contributed by atoms with Crippen molar-refractivity contribution >= 4 is 47.6 Å². The number of ketones is 1. The number of Topliss-reactive ketones (excluding diaryl/α,β-unsaturated/α-hetero) is 1. The van der Waals surface area contributed by atoms with Crippen molar-refractivity contribution in [3.63, 3.8) is 0 Å². The summed E-state index contributed by atoms with van der Waals surface area (Å²) in [5, 5.41) is 7.05. The number of hydrogen-bond acceptors (Lipinski definition) is 6. The number of esters is 2. The van der Waals surface area contributed by atoms with Gasteiger partial charge in [-0.05, 0) is 111 Å².